The third-order valence-electron chi connectivity index (χ3n) is 9.82. The summed E-state index contributed by atoms with van der Waals surface area (Å²) < 4.78 is 23.1. The van der Waals surface area contributed by atoms with Crippen molar-refractivity contribution in [2.45, 2.75) is 69.6 Å². The number of anilines is 2. The van der Waals surface area contributed by atoms with E-state index in [2.05, 4.69) is 0 Å². The van der Waals surface area contributed by atoms with Crippen molar-refractivity contribution in [3.63, 3.8) is 0 Å². The molecule has 0 unspecified atom stereocenters. The summed E-state index contributed by atoms with van der Waals surface area (Å²) in [4.78, 5) is 45.9. The summed E-state index contributed by atoms with van der Waals surface area (Å²) in [5, 5.41) is 9.75. The first-order valence-electron chi connectivity index (χ1n) is 16.1. The molecule has 46 heavy (non-hydrogen) atoms. The number of hydrogen-bond acceptors (Lipinski definition) is 5. The standard InChI is InChI=1S/C36H42FN3O5Si/c1-25-34(46(2,3)37)31(22-33(43)38(19-20-41)23-26-11-5-4-6-12-26)45-36(25)29-15-7-8-16-30(29)40(35(36)44)24-27-13-9-14-28(21-27)39-18-10-17-32(39)42/h4-9,11-16,21,25,31,34,41H,10,17-20,22-24H2,1-3H3/t25-,31+,34-,36+/m0/s1. The summed E-state index contributed by atoms with van der Waals surface area (Å²) in [6.45, 7) is 6.31. The molecule has 1 N–H and O–H groups in total. The number of ether oxygens (including phenoxy) is 1. The number of benzene rings is 3. The van der Waals surface area contributed by atoms with Gasteiger partial charge in [0.25, 0.3) is 5.91 Å². The van der Waals surface area contributed by atoms with E-state index in [0.29, 0.717) is 30.8 Å². The topological polar surface area (TPSA) is 90.4 Å². The number of para-hydroxylation sites is 1. The Bertz CT molecular complexity index is 1610. The maximum Gasteiger partial charge on any atom is 0.264 e. The number of rotatable bonds is 10. The van der Waals surface area contributed by atoms with Crippen molar-refractivity contribution in [2.75, 3.05) is 29.5 Å². The second-order valence-electron chi connectivity index (χ2n) is 13.2. The van der Waals surface area contributed by atoms with E-state index < -0.39 is 31.6 Å². The fraction of sp³-hybridized carbons (Fsp3) is 0.417. The smallest absolute Gasteiger partial charge is 0.264 e. The lowest BCUT2D eigenvalue weighted by Gasteiger charge is -2.31. The van der Waals surface area contributed by atoms with Gasteiger partial charge in [-0.2, -0.15) is 0 Å². The average Bonchev–Trinajstić information content (AvgIpc) is 3.66. The molecule has 3 aliphatic rings. The molecule has 3 aromatic rings. The Morgan fingerprint density at radius 3 is 2.46 bits per heavy atom. The highest BCUT2D eigenvalue weighted by Gasteiger charge is 2.67. The highest BCUT2D eigenvalue weighted by molar-refractivity contribution is 6.72. The van der Waals surface area contributed by atoms with Crippen LogP contribution in [0.2, 0.25) is 18.6 Å². The monoisotopic (exact) mass is 643 g/mol. The summed E-state index contributed by atoms with van der Waals surface area (Å²) in [5.41, 5.74) is 1.94. The number of carbonyl (C=O) groups is 3. The van der Waals surface area contributed by atoms with Crippen LogP contribution in [-0.4, -0.2) is 61.9 Å². The number of aliphatic hydroxyl groups excluding tert-OH is 1. The third-order valence-corrected chi connectivity index (χ3v) is 12.3. The molecule has 10 heteroatoms. The van der Waals surface area contributed by atoms with Crippen LogP contribution in [0.15, 0.2) is 78.9 Å². The lowest BCUT2D eigenvalue weighted by Crippen LogP contribution is -2.45. The minimum Gasteiger partial charge on any atom is -0.395 e. The lowest BCUT2D eigenvalue weighted by atomic mass is 9.82. The van der Waals surface area contributed by atoms with Crippen LogP contribution >= 0.6 is 0 Å². The number of halogens is 1. The molecule has 3 heterocycles. The molecule has 3 aromatic carbocycles. The second kappa shape index (κ2) is 12.7. The lowest BCUT2D eigenvalue weighted by molar-refractivity contribution is -0.150. The summed E-state index contributed by atoms with van der Waals surface area (Å²) >= 11 is 0. The first kappa shape index (κ1) is 32.1. The van der Waals surface area contributed by atoms with Crippen LogP contribution in [0.3, 0.4) is 0 Å². The van der Waals surface area contributed by atoms with E-state index in [1.165, 1.54) is 0 Å². The molecule has 0 saturated carbocycles. The molecular weight excluding hydrogens is 601 g/mol. The molecule has 2 saturated heterocycles. The molecule has 0 aliphatic carbocycles. The van der Waals surface area contributed by atoms with Gasteiger partial charge in [-0.1, -0.05) is 67.6 Å². The quantitative estimate of drug-likeness (QED) is 0.231. The first-order valence-corrected chi connectivity index (χ1v) is 19.1. The van der Waals surface area contributed by atoms with E-state index in [1.807, 2.05) is 85.8 Å². The van der Waals surface area contributed by atoms with E-state index in [9.17, 15) is 19.5 Å². The number of fused-ring (bicyclic) bond motifs is 2. The van der Waals surface area contributed by atoms with Crippen LogP contribution in [0.1, 0.15) is 42.9 Å². The van der Waals surface area contributed by atoms with Crippen molar-refractivity contribution in [2.24, 2.45) is 5.92 Å². The highest BCUT2D eigenvalue weighted by Crippen LogP contribution is 2.60. The van der Waals surface area contributed by atoms with E-state index >= 15 is 4.11 Å². The Morgan fingerprint density at radius 2 is 1.76 bits per heavy atom. The van der Waals surface area contributed by atoms with Gasteiger partial charge in [-0.25, -0.2) is 0 Å². The highest BCUT2D eigenvalue weighted by atomic mass is 28.4. The minimum absolute atomic E-state index is 0.0920. The van der Waals surface area contributed by atoms with Gasteiger partial charge < -0.3 is 28.7 Å². The van der Waals surface area contributed by atoms with E-state index in [-0.39, 0.29) is 43.8 Å². The fourth-order valence-electron chi connectivity index (χ4n) is 7.80. The molecule has 0 aromatic heterocycles. The van der Waals surface area contributed by atoms with Gasteiger partial charge in [0.15, 0.2) is 5.60 Å². The SMILES string of the molecule is C[C@H]1[C@H]([Si](C)(C)F)[C@@H](CC(=O)N(CCO)Cc2ccccc2)O[C@]12C(=O)N(Cc1cccc(N3CCCC3=O)c1)c1ccccc12. The molecule has 3 aliphatic heterocycles. The Balaban J connectivity index is 1.31. The number of aliphatic hydroxyl groups is 1. The van der Waals surface area contributed by atoms with Crippen LogP contribution in [0.5, 0.6) is 0 Å². The molecular formula is C36H42FN3O5Si. The predicted molar refractivity (Wildman–Crippen MR) is 177 cm³/mol. The molecule has 6 rings (SSSR count). The summed E-state index contributed by atoms with van der Waals surface area (Å²) in [6, 6.07) is 24.7. The van der Waals surface area contributed by atoms with Crippen LogP contribution < -0.4 is 9.80 Å². The molecule has 2 fully saturated rings. The summed E-state index contributed by atoms with van der Waals surface area (Å²) in [5.74, 6) is -0.944. The van der Waals surface area contributed by atoms with Crippen LogP contribution in [0.25, 0.3) is 0 Å². The molecule has 242 valence electrons. The van der Waals surface area contributed by atoms with Gasteiger partial charge in [0.1, 0.15) is 0 Å². The predicted octanol–water partition coefficient (Wildman–Crippen LogP) is 5.55. The van der Waals surface area contributed by atoms with E-state index in [0.717, 1.165) is 23.2 Å². The van der Waals surface area contributed by atoms with Crippen molar-refractivity contribution in [1.82, 2.24) is 4.90 Å². The molecule has 3 amide bonds. The Hall–Kier alpha value is -3.86. The molecule has 0 bridgehead atoms. The van der Waals surface area contributed by atoms with Crippen LogP contribution in [0, 0.1) is 5.92 Å². The van der Waals surface area contributed by atoms with Gasteiger partial charge in [0.05, 0.1) is 31.4 Å². The van der Waals surface area contributed by atoms with Gasteiger partial charge in [0, 0.05) is 48.8 Å². The Morgan fingerprint density at radius 1 is 1.04 bits per heavy atom. The number of hydrogen-bond donors (Lipinski definition) is 1. The molecule has 8 nitrogen and oxygen atoms in total. The maximum atomic E-state index is 16.3. The number of carbonyl (C=O) groups excluding carboxylic acids is 3. The zero-order valence-corrected chi connectivity index (χ0v) is 27.7. The molecule has 0 radical (unpaired) electrons. The molecule has 4 atom stereocenters. The third kappa shape index (κ3) is 5.78. The molecule has 1 spiro atoms. The second-order valence-corrected chi connectivity index (χ2v) is 17.0. The maximum absolute atomic E-state index is 16.3. The van der Waals surface area contributed by atoms with Gasteiger partial charge >= 0.3 is 0 Å². The first-order chi connectivity index (χ1) is 22.0. The van der Waals surface area contributed by atoms with E-state index in [4.69, 9.17) is 4.74 Å². The van der Waals surface area contributed by atoms with Gasteiger partial charge in [-0.05, 0) is 48.8 Å². The summed E-state index contributed by atoms with van der Waals surface area (Å²) in [7, 11) is -3.47. The van der Waals surface area contributed by atoms with Crippen molar-refractivity contribution in [3.05, 3.63) is 95.6 Å². The Kier molecular flexibility index (Phi) is 8.88. The van der Waals surface area contributed by atoms with Crippen molar-refractivity contribution < 1.29 is 28.3 Å². The largest absolute Gasteiger partial charge is 0.395 e. The normalized spacial score (nSPS) is 24.2. The van der Waals surface area contributed by atoms with Crippen molar-refractivity contribution >= 4 is 37.5 Å². The zero-order chi connectivity index (χ0) is 32.6. The van der Waals surface area contributed by atoms with Crippen LogP contribution in [0.4, 0.5) is 15.5 Å². The van der Waals surface area contributed by atoms with E-state index in [1.54, 1.807) is 27.8 Å². The average molecular weight is 644 g/mol. The zero-order valence-electron chi connectivity index (χ0n) is 26.7. The summed E-state index contributed by atoms with van der Waals surface area (Å²) in [6.07, 6.45) is 0.448. The van der Waals surface area contributed by atoms with Crippen molar-refractivity contribution in [3.8, 4) is 0 Å². The van der Waals surface area contributed by atoms with Crippen molar-refractivity contribution in [1.29, 1.82) is 0 Å². The fourth-order valence-corrected chi connectivity index (χ4v) is 10.3. The van der Waals surface area contributed by atoms with Gasteiger partial charge in [0.2, 0.25) is 20.2 Å². The number of nitrogens with zero attached hydrogens (tertiary/aromatic N) is 3. The Labute approximate surface area is 270 Å². The number of amides is 3. The van der Waals surface area contributed by atoms with Gasteiger partial charge in [-0.3, -0.25) is 14.4 Å². The van der Waals surface area contributed by atoms with Gasteiger partial charge in [-0.15, -0.1) is 0 Å². The minimum atomic E-state index is -3.47. The van der Waals surface area contributed by atoms with Crippen LogP contribution in [-0.2, 0) is 37.8 Å².